The van der Waals surface area contributed by atoms with Crippen molar-refractivity contribution in [2.45, 2.75) is 26.2 Å². The molecule has 5 heteroatoms. The van der Waals surface area contributed by atoms with Crippen molar-refractivity contribution in [3.05, 3.63) is 16.8 Å². The van der Waals surface area contributed by atoms with Gasteiger partial charge in [-0.1, -0.05) is 6.92 Å². The van der Waals surface area contributed by atoms with Gasteiger partial charge in [0.2, 0.25) is 0 Å². The quantitative estimate of drug-likeness (QED) is 0.810. The van der Waals surface area contributed by atoms with Gasteiger partial charge in [0.15, 0.2) is 0 Å². The fourth-order valence-corrected chi connectivity index (χ4v) is 4.70. The Morgan fingerprint density at radius 3 is 2.81 bits per heavy atom. The van der Waals surface area contributed by atoms with E-state index in [1.165, 1.54) is 35.3 Å². The Morgan fingerprint density at radius 1 is 1.19 bits per heavy atom. The minimum Gasteiger partial charge on any atom is -0.353 e. The van der Waals surface area contributed by atoms with E-state index in [1.807, 2.05) is 11.3 Å². The molecular formula is C16H22N4S. The van der Waals surface area contributed by atoms with Crippen molar-refractivity contribution in [2.75, 3.05) is 38.1 Å². The zero-order valence-corrected chi connectivity index (χ0v) is 13.6. The van der Waals surface area contributed by atoms with Gasteiger partial charge in [-0.3, -0.25) is 0 Å². The first kappa shape index (κ1) is 13.5. The molecule has 2 aromatic heterocycles. The van der Waals surface area contributed by atoms with Crippen LogP contribution >= 0.6 is 11.3 Å². The van der Waals surface area contributed by atoms with Crippen LogP contribution in [0.25, 0.3) is 10.2 Å². The topological polar surface area (TPSA) is 32.3 Å². The lowest BCUT2D eigenvalue weighted by Gasteiger charge is -2.33. The van der Waals surface area contributed by atoms with Crippen molar-refractivity contribution in [2.24, 2.45) is 5.92 Å². The van der Waals surface area contributed by atoms with E-state index in [1.54, 1.807) is 16.8 Å². The molecule has 3 heterocycles. The third-order valence-electron chi connectivity index (χ3n) is 4.87. The van der Waals surface area contributed by atoms with E-state index >= 15 is 0 Å². The van der Waals surface area contributed by atoms with Gasteiger partial charge in [0.25, 0.3) is 0 Å². The largest absolute Gasteiger partial charge is 0.353 e. The highest BCUT2D eigenvalue weighted by atomic mass is 32.1. The maximum atomic E-state index is 4.66. The first-order valence-corrected chi connectivity index (χ1v) is 8.73. The number of hydrogen-bond acceptors (Lipinski definition) is 5. The zero-order chi connectivity index (χ0) is 14.4. The van der Waals surface area contributed by atoms with Crippen molar-refractivity contribution < 1.29 is 0 Å². The van der Waals surface area contributed by atoms with E-state index in [4.69, 9.17) is 0 Å². The Balaban J connectivity index is 1.80. The Hall–Kier alpha value is -1.20. The number of fused-ring (bicyclic) bond motifs is 3. The number of likely N-dealkylation sites (N-methyl/N-ethyl adjacent to an activating group) is 1. The van der Waals surface area contributed by atoms with Gasteiger partial charge in [0, 0.05) is 31.1 Å². The smallest absolute Gasteiger partial charge is 0.141 e. The SMILES string of the molecule is C[C@H]1CCc2sc3ncnc(N4CCN(C)CC4)c3c2C1. The molecule has 0 radical (unpaired) electrons. The lowest BCUT2D eigenvalue weighted by molar-refractivity contribution is 0.312. The molecule has 2 aliphatic rings. The standard InChI is InChI=1S/C16H22N4S/c1-11-3-4-13-12(9-11)14-15(17-10-18-16(14)21-13)20-7-5-19(2)6-8-20/h10-11H,3-9H2,1-2H3/t11-/m0/s1. The first-order valence-electron chi connectivity index (χ1n) is 7.91. The van der Waals surface area contributed by atoms with E-state index in [2.05, 4.69) is 33.7 Å². The second-order valence-electron chi connectivity index (χ2n) is 6.52. The first-order chi connectivity index (χ1) is 10.2. The van der Waals surface area contributed by atoms with Crippen LogP contribution in [0.1, 0.15) is 23.8 Å². The molecule has 0 saturated carbocycles. The summed E-state index contributed by atoms with van der Waals surface area (Å²) in [6.45, 7) is 6.75. The van der Waals surface area contributed by atoms with E-state index in [9.17, 15) is 0 Å². The number of aromatic nitrogens is 2. The van der Waals surface area contributed by atoms with Gasteiger partial charge < -0.3 is 9.80 Å². The predicted octanol–water partition coefficient (Wildman–Crippen LogP) is 2.57. The molecule has 1 aliphatic carbocycles. The minimum absolute atomic E-state index is 0.788. The van der Waals surface area contributed by atoms with Gasteiger partial charge in [-0.2, -0.15) is 0 Å². The summed E-state index contributed by atoms with van der Waals surface area (Å²) in [5.74, 6) is 1.97. The van der Waals surface area contributed by atoms with Crippen LogP contribution in [-0.4, -0.2) is 48.1 Å². The molecule has 21 heavy (non-hydrogen) atoms. The van der Waals surface area contributed by atoms with Crippen molar-refractivity contribution in [3.63, 3.8) is 0 Å². The summed E-state index contributed by atoms with van der Waals surface area (Å²) < 4.78 is 0. The normalized spacial score (nSPS) is 23.5. The molecule has 0 bridgehead atoms. The average molecular weight is 302 g/mol. The summed E-state index contributed by atoms with van der Waals surface area (Å²) in [5, 5.41) is 1.36. The molecule has 1 fully saturated rings. The fraction of sp³-hybridized carbons (Fsp3) is 0.625. The van der Waals surface area contributed by atoms with Gasteiger partial charge in [0.05, 0.1) is 5.39 Å². The molecule has 0 unspecified atom stereocenters. The van der Waals surface area contributed by atoms with Crippen LogP contribution in [0.5, 0.6) is 0 Å². The van der Waals surface area contributed by atoms with Crippen LogP contribution in [0.2, 0.25) is 0 Å². The van der Waals surface area contributed by atoms with Crippen LogP contribution in [0.3, 0.4) is 0 Å². The molecule has 0 spiro atoms. The zero-order valence-electron chi connectivity index (χ0n) is 12.8. The molecule has 1 atom stereocenters. The molecule has 4 rings (SSSR count). The average Bonchev–Trinajstić information content (AvgIpc) is 2.86. The van der Waals surface area contributed by atoms with Crippen LogP contribution in [-0.2, 0) is 12.8 Å². The summed E-state index contributed by atoms with van der Waals surface area (Å²) in [7, 11) is 2.20. The van der Waals surface area contributed by atoms with E-state index in [0.29, 0.717) is 0 Å². The third-order valence-corrected chi connectivity index (χ3v) is 6.07. The van der Waals surface area contributed by atoms with E-state index < -0.39 is 0 Å². The van der Waals surface area contributed by atoms with Gasteiger partial charge in [-0.25, -0.2) is 9.97 Å². The fourth-order valence-electron chi connectivity index (χ4n) is 3.52. The highest BCUT2D eigenvalue weighted by molar-refractivity contribution is 7.19. The van der Waals surface area contributed by atoms with Crippen LogP contribution in [0.4, 0.5) is 5.82 Å². The lowest BCUT2D eigenvalue weighted by Crippen LogP contribution is -2.44. The van der Waals surface area contributed by atoms with Crippen molar-refractivity contribution >= 4 is 27.4 Å². The maximum Gasteiger partial charge on any atom is 0.141 e. The Bertz CT molecular complexity index is 658. The molecule has 0 N–H and O–H groups in total. The number of nitrogens with zero attached hydrogens (tertiary/aromatic N) is 4. The second-order valence-corrected chi connectivity index (χ2v) is 7.60. The number of piperazine rings is 1. The minimum atomic E-state index is 0.788. The lowest BCUT2D eigenvalue weighted by atomic mass is 9.88. The van der Waals surface area contributed by atoms with Gasteiger partial charge in [-0.15, -0.1) is 11.3 Å². The van der Waals surface area contributed by atoms with Crippen LogP contribution < -0.4 is 4.90 Å². The highest BCUT2D eigenvalue weighted by Crippen LogP contribution is 2.40. The second kappa shape index (κ2) is 5.21. The molecule has 0 aromatic carbocycles. The van der Waals surface area contributed by atoms with Gasteiger partial charge >= 0.3 is 0 Å². The summed E-state index contributed by atoms with van der Waals surface area (Å²) in [4.78, 5) is 16.8. The van der Waals surface area contributed by atoms with E-state index in [0.717, 1.165) is 32.1 Å². The Kier molecular flexibility index (Phi) is 3.34. The van der Waals surface area contributed by atoms with Gasteiger partial charge in [-0.05, 0) is 37.8 Å². The molecular weight excluding hydrogens is 280 g/mol. The summed E-state index contributed by atoms with van der Waals surface area (Å²) in [6, 6.07) is 0. The van der Waals surface area contributed by atoms with E-state index in [-0.39, 0.29) is 0 Å². The number of aryl methyl sites for hydroxylation is 1. The molecule has 4 nitrogen and oxygen atoms in total. The Labute approximate surface area is 129 Å². The van der Waals surface area contributed by atoms with Crippen molar-refractivity contribution in [1.29, 1.82) is 0 Å². The van der Waals surface area contributed by atoms with Crippen LogP contribution in [0, 0.1) is 5.92 Å². The summed E-state index contributed by atoms with van der Waals surface area (Å²) in [5.41, 5.74) is 1.54. The van der Waals surface area contributed by atoms with Crippen molar-refractivity contribution in [1.82, 2.24) is 14.9 Å². The summed E-state index contributed by atoms with van der Waals surface area (Å²) in [6.07, 6.45) is 5.49. The predicted molar refractivity (Wildman–Crippen MR) is 88.3 cm³/mol. The van der Waals surface area contributed by atoms with Crippen molar-refractivity contribution in [3.8, 4) is 0 Å². The highest BCUT2D eigenvalue weighted by Gasteiger charge is 2.26. The monoisotopic (exact) mass is 302 g/mol. The molecule has 1 saturated heterocycles. The molecule has 112 valence electrons. The molecule has 0 amide bonds. The molecule has 1 aliphatic heterocycles. The maximum absolute atomic E-state index is 4.66. The number of rotatable bonds is 1. The third kappa shape index (κ3) is 2.32. The van der Waals surface area contributed by atoms with Crippen LogP contribution in [0.15, 0.2) is 6.33 Å². The Morgan fingerprint density at radius 2 is 2.00 bits per heavy atom. The number of hydrogen-bond donors (Lipinski definition) is 0. The molecule has 2 aromatic rings. The summed E-state index contributed by atoms with van der Waals surface area (Å²) >= 11 is 1.89. The van der Waals surface area contributed by atoms with Gasteiger partial charge in [0.1, 0.15) is 17.0 Å². The number of anilines is 1. The number of thiophene rings is 1.